The van der Waals surface area contributed by atoms with Crippen LogP contribution in [0.5, 0.6) is 0 Å². The summed E-state index contributed by atoms with van der Waals surface area (Å²) in [4.78, 5) is 23.1. The number of hydrogen-bond donors (Lipinski definition) is 3. The quantitative estimate of drug-likeness (QED) is 0.666. The molecular weight excluding hydrogens is 206 g/mol. The van der Waals surface area contributed by atoms with E-state index in [2.05, 4.69) is 22.1 Å². The molecule has 0 amide bonds. The molecule has 0 aliphatic heterocycles. The molecule has 1 heterocycles. The molecule has 1 aromatic heterocycles. The van der Waals surface area contributed by atoms with Gasteiger partial charge in [-0.15, -0.1) is 6.58 Å². The number of aromatic amines is 2. The molecule has 0 bridgehead atoms. The minimum Gasteiger partial charge on any atom is -0.381 e. The molecule has 5 heteroatoms. The highest BCUT2D eigenvalue weighted by molar-refractivity contribution is 5.92. The Kier molecular flexibility index (Phi) is 2.59. The second-order valence-electron chi connectivity index (χ2n) is 3.31. The maximum absolute atomic E-state index is 11.6. The molecule has 3 N–H and O–H groups in total. The number of H-pyrrole nitrogens is 2. The molecule has 0 spiro atoms. The lowest BCUT2D eigenvalue weighted by molar-refractivity contribution is 0.976. The van der Waals surface area contributed by atoms with E-state index in [0.29, 0.717) is 23.0 Å². The van der Waals surface area contributed by atoms with E-state index in [-0.39, 0.29) is 11.1 Å². The second-order valence-corrected chi connectivity index (χ2v) is 3.31. The van der Waals surface area contributed by atoms with Gasteiger partial charge in [-0.25, -0.2) is 0 Å². The molecule has 0 saturated carbocycles. The van der Waals surface area contributed by atoms with Gasteiger partial charge in [0.05, 0.1) is 10.8 Å². The van der Waals surface area contributed by atoms with Crippen LogP contribution in [-0.4, -0.2) is 16.7 Å². The summed E-state index contributed by atoms with van der Waals surface area (Å²) >= 11 is 0. The first-order chi connectivity index (χ1) is 7.74. The molecule has 0 radical (unpaired) electrons. The van der Waals surface area contributed by atoms with Crippen molar-refractivity contribution in [3.63, 3.8) is 0 Å². The molecule has 0 saturated heterocycles. The average Bonchev–Trinajstić information content (AvgIpc) is 2.31. The maximum Gasteiger partial charge on any atom is 0.272 e. The van der Waals surface area contributed by atoms with Gasteiger partial charge in [0.1, 0.15) is 0 Å². The molecule has 16 heavy (non-hydrogen) atoms. The highest BCUT2D eigenvalue weighted by Gasteiger charge is 2.06. The number of nitrogens with one attached hydrogen (secondary N) is 3. The van der Waals surface area contributed by atoms with Crippen LogP contribution in [0, 0.1) is 0 Å². The highest BCUT2D eigenvalue weighted by Crippen LogP contribution is 2.15. The molecule has 0 atom stereocenters. The Labute approximate surface area is 90.8 Å². The van der Waals surface area contributed by atoms with Crippen molar-refractivity contribution in [2.45, 2.75) is 0 Å². The molecule has 0 aliphatic rings. The number of hydrogen-bond acceptors (Lipinski definition) is 3. The fraction of sp³-hybridized carbons (Fsp3) is 0.0909. The molecule has 1 aromatic carbocycles. The van der Waals surface area contributed by atoms with Crippen molar-refractivity contribution < 1.29 is 0 Å². The molecule has 2 rings (SSSR count). The van der Waals surface area contributed by atoms with Crippen molar-refractivity contribution in [3.8, 4) is 0 Å². The summed E-state index contributed by atoms with van der Waals surface area (Å²) in [6, 6.07) is 5.09. The summed E-state index contributed by atoms with van der Waals surface area (Å²) < 4.78 is 0. The van der Waals surface area contributed by atoms with E-state index in [9.17, 15) is 9.59 Å². The molecule has 0 unspecified atom stereocenters. The summed E-state index contributed by atoms with van der Waals surface area (Å²) in [5, 5.41) is 8.34. The Bertz CT molecular complexity index is 639. The minimum absolute atomic E-state index is 0.308. The standard InChI is InChI=1S/C11H11N3O2/c1-2-6-12-8-5-3-4-7-9(8)11(16)14-13-10(7)15/h2-5,12H,1,6H2,(H,13,15)(H,14,16). The van der Waals surface area contributed by atoms with Crippen molar-refractivity contribution in [1.82, 2.24) is 10.2 Å². The van der Waals surface area contributed by atoms with Gasteiger partial charge in [-0.2, -0.15) is 0 Å². The fourth-order valence-corrected chi connectivity index (χ4v) is 1.56. The van der Waals surface area contributed by atoms with Crippen LogP contribution in [0.3, 0.4) is 0 Å². The van der Waals surface area contributed by atoms with Crippen molar-refractivity contribution in [2.75, 3.05) is 11.9 Å². The molecule has 2 aromatic rings. The minimum atomic E-state index is -0.318. The predicted octanol–water partition coefficient (Wildman–Crippen LogP) is 0.814. The van der Waals surface area contributed by atoms with E-state index >= 15 is 0 Å². The summed E-state index contributed by atoms with van der Waals surface area (Å²) in [5.41, 5.74) is 0.00312. The van der Waals surface area contributed by atoms with Gasteiger partial charge in [0.2, 0.25) is 0 Å². The van der Waals surface area contributed by atoms with Gasteiger partial charge in [-0.1, -0.05) is 12.1 Å². The van der Waals surface area contributed by atoms with Gasteiger partial charge in [-0.3, -0.25) is 19.8 Å². The van der Waals surface area contributed by atoms with Crippen molar-refractivity contribution in [1.29, 1.82) is 0 Å². The molecule has 82 valence electrons. The second kappa shape index (κ2) is 4.06. The molecule has 5 nitrogen and oxygen atoms in total. The topological polar surface area (TPSA) is 77.8 Å². The maximum atomic E-state index is 11.6. The van der Waals surface area contributed by atoms with E-state index in [1.165, 1.54) is 0 Å². The lowest BCUT2D eigenvalue weighted by Gasteiger charge is -2.05. The van der Waals surface area contributed by atoms with Crippen LogP contribution in [0.15, 0.2) is 40.4 Å². The first-order valence-electron chi connectivity index (χ1n) is 4.82. The van der Waals surface area contributed by atoms with E-state index in [4.69, 9.17) is 0 Å². The third-order valence-corrected chi connectivity index (χ3v) is 2.26. The molecular formula is C11H11N3O2. The van der Waals surface area contributed by atoms with Crippen molar-refractivity contribution in [3.05, 3.63) is 51.6 Å². The van der Waals surface area contributed by atoms with Crippen LogP contribution in [0.1, 0.15) is 0 Å². The lowest BCUT2D eigenvalue weighted by Crippen LogP contribution is -2.20. The van der Waals surface area contributed by atoms with Crippen LogP contribution in [-0.2, 0) is 0 Å². The van der Waals surface area contributed by atoms with Gasteiger partial charge in [0.25, 0.3) is 11.1 Å². The largest absolute Gasteiger partial charge is 0.381 e. The summed E-state index contributed by atoms with van der Waals surface area (Å²) in [6.45, 7) is 4.11. The van der Waals surface area contributed by atoms with Crippen molar-refractivity contribution >= 4 is 16.5 Å². The van der Waals surface area contributed by atoms with Crippen LogP contribution < -0.4 is 16.4 Å². The van der Waals surface area contributed by atoms with Crippen molar-refractivity contribution in [2.24, 2.45) is 0 Å². The number of benzene rings is 1. The predicted molar refractivity (Wildman–Crippen MR) is 63.9 cm³/mol. The lowest BCUT2D eigenvalue weighted by atomic mass is 10.1. The average molecular weight is 217 g/mol. The monoisotopic (exact) mass is 217 g/mol. The molecule has 0 fully saturated rings. The zero-order valence-corrected chi connectivity index (χ0v) is 8.54. The normalized spacial score (nSPS) is 10.2. The summed E-state index contributed by atoms with van der Waals surface area (Å²) in [7, 11) is 0. The zero-order valence-electron chi connectivity index (χ0n) is 8.54. The smallest absolute Gasteiger partial charge is 0.272 e. The Morgan fingerprint density at radius 3 is 2.75 bits per heavy atom. The van der Waals surface area contributed by atoms with Gasteiger partial charge >= 0.3 is 0 Å². The number of rotatable bonds is 3. The summed E-state index contributed by atoms with van der Waals surface area (Å²) in [6.07, 6.45) is 1.68. The Hall–Kier alpha value is -2.30. The van der Waals surface area contributed by atoms with E-state index in [1.807, 2.05) is 0 Å². The first kappa shape index (κ1) is 10.2. The van der Waals surface area contributed by atoms with E-state index in [0.717, 1.165) is 0 Å². The Morgan fingerprint density at radius 2 is 2.00 bits per heavy atom. The Morgan fingerprint density at radius 1 is 1.25 bits per heavy atom. The number of aromatic nitrogens is 2. The fourth-order valence-electron chi connectivity index (χ4n) is 1.56. The van der Waals surface area contributed by atoms with Crippen LogP contribution in [0.4, 0.5) is 5.69 Å². The zero-order chi connectivity index (χ0) is 11.5. The van der Waals surface area contributed by atoms with E-state index < -0.39 is 0 Å². The Balaban J connectivity index is 2.76. The van der Waals surface area contributed by atoms with Gasteiger partial charge < -0.3 is 5.32 Å². The van der Waals surface area contributed by atoms with Gasteiger partial charge in [-0.05, 0) is 12.1 Å². The number of anilines is 1. The first-order valence-corrected chi connectivity index (χ1v) is 4.82. The highest BCUT2D eigenvalue weighted by atomic mass is 16.1. The molecule has 0 aliphatic carbocycles. The number of fused-ring (bicyclic) bond motifs is 1. The van der Waals surface area contributed by atoms with Gasteiger partial charge in [0.15, 0.2) is 0 Å². The summed E-state index contributed by atoms with van der Waals surface area (Å²) in [5.74, 6) is 0. The van der Waals surface area contributed by atoms with Crippen LogP contribution >= 0.6 is 0 Å². The third-order valence-electron chi connectivity index (χ3n) is 2.26. The van der Waals surface area contributed by atoms with Gasteiger partial charge in [0, 0.05) is 12.2 Å². The third kappa shape index (κ3) is 1.63. The van der Waals surface area contributed by atoms with Crippen LogP contribution in [0.2, 0.25) is 0 Å². The van der Waals surface area contributed by atoms with E-state index in [1.54, 1.807) is 24.3 Å². The van der Waals surface area contributed by atoms with Crippen LogP contribution in [0.25, 0.3) is 10.8 Å². The SMILES string of the molecule is C=CCNc1cccc2c(=O)[nH][nH]c(=O)c12.